The smallest absolute Gasteiger partial charge is 0.202 e. The highest BCUT2D eigenvalue weighted by Crippen LogP contribution is 2.36. The minimum absolute atomic E-state index is 0.459. The van der Waals surface area contributed by atoms with E-state index in [4.69, 9.17) is 5.41 Å². The molecule has 0 fully saturated rings. The predicted molar refractivity (Wildman–Crippen MR) is 114 cm³/mol. The first-order chi connectivity index (χ1) is 12.6. The van der Waals surface area contributed by atoms with Gasteiger partial charge in [0.25, 0.3) is 0 Å². The zero-order chi connectivity index (χ0) is 18.3. The molecule has 0 saturated carbocycles. The quantitative estimate of drug-likeness (QED) is 0.397. The lowest BCUT2D eigenvalue weighted by molar-refractivity contribution is 1.02. The number of thioether (sulfide) groups is 1. The number of nitrogens with zero attached hydrogens (tertiary/aromatic N) is 2. The second-order valence-corrected chi connectivity index (χ2v) is 7.60. The molecule has 0 aromatic heterocycles. The van der Waals surface area contributed by atoms with Gasteiger partial charge in [-0.2, -0.15) is 0 Å². The Hall–Kier alpha value is -2.46. The summed E-state index contributed by atoms with van der Waals surface area (Å²) in [5, 5.41) is 11.4. The first kappa shape index (κ1) is 17.0. The lowest BCUT2D eigenvalue weighted by Crippen LogP contribution is -2.39. The lowest BCUT2D eigenvalue weighted by atomic mass is 10.0. The largest absolute Gasteiger partial charge is 0.316 e. The molecule has 0 amide bonds. The highest BCUT2D eigenvalue weighted by molar-refractivity contribution is 7.98. The van der Waals surface area contributed by atoms with Crippen molar-refractivity contribution in [1.29, 1.82) is 5.41 Å². The Balaban J connectivity index is 1.68. The fourth-order valence-corrected chi connectivity index (χ4v) is 4.20. The summed E-state index contributed by atoms with van der Waals surface area (Å²) in [6.07, 6.45) is 4.32. The summed E-state index contributed by atoms with van der Waals surface area (Å²) in [5.74, 6) is 0.459. The second kappa shape index (κ2) is 6.69. The van der Waals surface area contributed by atoms with Gasteiger partial charge < -0.3 is 9.80 Å². The number of nitrogens with one attached hydrogen (secondary N) is 1. The van der Waals surface area contributed by atoms with Crippen LogP contribution in [0.25, 0.3) is 10.8 Å². The van der Waals surface area contributed by atoms with Gasteiger partial charge in [0.05, 0.1) is 5.69 Å². The molecule has 132 valence electrons. The molecule has 0 saturated heterocycles. The fraction of sp³-hybridized carbons (Fsp3) is 0.227. The van der Waals surface area contributed by atoms with Crippen LogP contribution in [0.1, 0.15) is 11.1 Å². The fourth-order valence-electron chi connectivity index (χ4n) is 3.79. The monoisotopic (exact) mass is 361 g/mol. The molecule has 4 heteroatoms. The Morgan fingerprint density at radius 2 is 1.58 bits per heavy atom. The Morgan fingerprint density at radius 3 is 2.27 bits per heavy atom. The molecular formula is C22H23N3S. The SMILES string of the molecule is CSc1ccc(N(C)C(=N)N(C)c2ccc3c4c(cccc24)CC3)cc1. The zero-order valence-electron chi connectivity index (χ0n) is 15.4. The maximum absolute atomic E-state index is 8.72. The van der Waals surface area contributed by atoms with Crippen LogP contribution in [0.5, 0.6) is 0 Å². The van der Waals surface area contributed by atoms with Crippen LogP contribution < -0.4 is 9.80 Å². The van der Waals surface area contributed by atoms with Crippen LogP contribution >= 0.6 is 11.8 Å². The van der Waals surface area contributed by atoms with E-state index < -0.39 is 0 Å². The van der Waals surface area contributed by atoms with Gasteiger partial charge in [0.1, 0.15) is 0 Å². The van der Waals surface area contributed by atoms with E-state index in [0.717, 1.165) is 24.2 Å². The lowest BCUT2D eigenvalue weighted by Gasteiger charge is -2.29. The van der Waals surface area contributed by atoms with E-state index in [9.17, 15) is 0 Å². The number of hydrogen-bond donors (Lipinski definition) is 1. The third-order valence-electron chi connectivity index (χ3n) is 5.31. The third kappa shape index (κ3) is 2.74. The summed E-state index contributed by atoms with van der Waals surface area (Å²) in [6.45, 7) is 0. The molecule has 0 heterocycles. The Bertz CT molecular complexity index is 968. The molecule has 0 spiro atoms. The molecule has 0 bridgehead atoms. The molecule has 26 heavy (non-hydrogen) atoms. The third-order valence-corrected chi connectivity index (χ3v) is 6.05. The summed E-state index contributed by atoms with van der Waals surface area (Å²) >= 11 is 1.73. The van der Waals surface area contributed by atoms with Crippen molar-refractivity contribution in [3.05, 3.63) is 65.7 Å². The number of rotatable bonds is 3. The van der Waals surface area contributed by atoms with Crippen molar-refractivity contribution >= 4 is 39.9 Å². The normalized spacial score (nSPS) is 12.4. The van der Waals surface area contributed by atoms with Crippen LogP contribution in [-0.2, 0) is 12.8 Å². The Kier molecular flexibility index (Phi) is 4.37. The maximum atomic E-state index is 8.72. The first-order valence-electron chi connectivity index (χ1n) is 8.83. The van der Waals surface area contributed by atoms with Crippen molar-refractivity contribution in [2.45, 2.75) is 17.7 Å². The molecule has 4 rings (SSSR count). The van der Waals surface area contributed by atoms with Crippen LogP contribution in [0.3, 0.4) is 0 Å². The van der Waals surface area contributed by atoms with Gasteiger partial charge in [0.15, 0.2) is 0 Å². The highest BCUT2D eigenvalue weighted by atomic mass is 32.2. The second-order valence-electron chi connectivity index (χ2n) is 6.72. The van der Waals surface area contributed by atoms with Gasteiger partial charge in [-0.25, -0.2) is 0 Å². The van der Waals surface area contributed by atoms with E-state index in [-0.39, 0.29) is 0 Å². The summed E-state index contributed by atoms with van der Waals surface area (Å²) in [5.41, 5.74) is 4.97. The summed E-state index contributed by atoms with van der Waals surface area (Å²) < 4.78 is 0. The Labute approximate surface area is 159 Å². The number of guanidine groups is 1. The Morgan fingerprint density at radius 1 is 0.885 bits per heavy atom. The first-order valence-corrected chi connectivity index (χ1v) is 10.1. The van der Waals surface area contributed by atoms with E-state index in [1.165, 1.54) is 26.8 Å². The molecule has 0 radical (unpaired) electrons. The number of aryl methyl sites for hydroxylation is 2. The summed E-state index contributed by atoms with van der Waals surface area (Å²) in [4.78, 5) is 5.13. The standard InChI is InChI=1S/C22H23N3S/c1-24(17-10-12-18(26-3)13-11-17)22(23)25(2)20-14-9-16-8-7-15-5-4-6-19(20)21(15)16/h4-6,9-14,23H,7-8H2,1-3H3. The van der Waals surface area contributed by atoms with E-state index in [2.05, 4.69) is 60.9 Å². The van der Waals surface area contributed by atoms with Gasteiger partial charge in [0, 0.05) is 30.1 Å². The van der Waals surface area contributed by atoms with E-state index in [1.54, 1.807) is 11.8 Å². The van der Waals surface area contributed by atoms with Crippen LogP contribution in [0.4, 0.5) is 11.4 Å². The highest BCUT2D eigenvalue weighted by Gasteiger charge is 2.20. The van der Waals surface area contributed by atoms with Gasteiger partial charge in [-0.05, 0) is 65.9 Å². The number of hydrogen-bond acceptors (Lipinski definition) is 2. The van der Waals surface area contributed by atoms with Crippen LogP contribution in [-0.4, -0.2) is 26.3 Å². The molecule has 3 aromatic carbocycles. The molecule has 1 aliphatic carbocycles. The van der Waals surface area contributed by atoms with Crippen LogP contribution in [0.2, 0.25) is 0 Å². The molecule has 3 nitrogen and oxygen atoms in total. The molecule has 3 aromatic rings. The van der Waals surface area contributed by atoms with Crippen molar-refractivity contribution in [2.75, 3.05) is 30.2 Å². The number of benzene rings is 3. The molecule has 0 aliphatic heterocycles. The summed E-state index contributed by atoms with van der Waals surface area (Å²) in [7, 11) is 3.93. The molecular weight excluding hydrogens is 338 g/mol. The van der Waals surface area contributed by atoms with Gasteiger partial charge >= 0.3 is 0 Å². The van der Waals surface area contributed by atoms with E-state index in [0.29, 0.717) is 5.96 Å². The van der Waals surface area contributed by atoms with Gasteiger partial charge in [0.2, 0.25) is 5.96 Å². The summed E-state index contributed by atoms with van der Waals surface area (Å²) in [6, 6.07) is 19.3. The van der Waals surface area contributed by atoms with Crippen molar-refractivity contribution in [3.8, 4) is 0 Å². The van der Waals surface area contributed by atoms with Crippen molar-refractivity contribution < 1.29 is 0 Å². The van der Waals surface area contributed by atoms with E-state index >= 15 is 0 Å². The van der Waals surface area contributed by atoms with Gasteiger partial charge in [-0.15, -0.1) is 11.8 Å². The van der Waals surface area contributed by atoms with Crippen molar-refractivity contribution in [1.82, 2.24) is 0 Å². The van der Waals surface area contributed by atoms with Gasteiger partial charge in [-0.1, -0.05) is 24.3 Å². The van der Waals surface area contributed by atoms with Crippen LogP contribution in [0.15, 0.2) is 59.5 Å². The van der Waals surface area contributed by atoms with Crippen molar-refractivity contribution in [2.24, 2.45) is 0 Å². The number of anilines is 2. The molecule has 0 unspecified atom stereocenters. The maximum Gasteiger partial charge on any atom is 0.202 e. The minimum Gasteiger partial charge on any atom is -0.316 e. The predicted octanol–water partition coefficient (Wildman–Crippen LogP) is 5.17. The topological polar surface area (TPSA) is 30.3 Å². The van der Waals surface area contributed by atoms with E-state index in [1.807, 2.05) is 23.9 Å². The molecule has 1 aliphatic rings. The van der Waals surface area contributed by atoms with Crippen LogP contribution in [0, 0.1) is 5.41 Å². The molecule has 0 atom stereocenters. The minimum atomic E-state index is 0.459. The van der Waals surface area contributed by atoms with Gasteiger partial charge in [-0.3, -0.25) is 5.41 Å². The average Bonchev–Trinajstić information content (AvgIpc) is 3.12. The van der Waals surface area contributed by atoms with Crippen molar-refractivity contribution in [3.63, 3.8) is 0 Å². The average molecular weight is 362 g/mol. The molecule has 1 N–H and O–H groups in total. The zero-order valence-corrected chi connectivity index (χ0v) is 16.2.